The van der Waals surface area contributed by atoms with Crippen LogP contribution in [0.4, 0.5) is 0 Å². The van der Waals surface area contributed by atoms with Crippen molar-refractivity contribution in [2.75, 3.05) is 6.54 Å². The minimum Gasteiger partial charge on any atom is -0.489 e. The van der Waals surface area contributed by atoms with Crippen LogP contribution in [0.5, 0.6) is 5.75 Å². The van der Waals surface area contributed by atoms with Gasteiger partial charge in [0.05, 0.1) is 5.41 Å². The lowest BCUT2D eigenvalue weighted by Crippen LogP contribution is -2.51. The van der Waals surface area contributed by atoms with Gasteiger partial charge >= 0.3 is 0 Å². The SMILES string of the molecule is CC1(c2ccc(OCc3ccccc3)cc2)CCN(C2(C(=O)NO)CC2)C1=O. The summed E-state index contributed by atoms with van der Waals surface area (Å²) in [6.45, 7) is 2.92. The summed E-state index contributed by atoms with van der Waals surface area (Å²) in [6, 6.07) is 17.6. The molecule has 4 rings (SSSR count). The van der Waals surface area contributed by atoms with Crippen LogP contribution in [0.1, 0.15) is 37.3 Å². The van der Waals surface area contributed by atoms with Crippen LogP contribution in [0, 0.1) is 0 Å². The van der Waals surface area contributed by atoms with Gasteiger partial charge in [-0.1, -0.05) is 42.5 Å². The number of rotatable bonds is 6. The zero-order valence-corrected chi connectivity index (χ0v) is 15.9. The van der Waals surface area contributed by atoms with Crippen LogP contribution in [0.25, 0.3) is 0 Å². The van der Waals surface area contributed by atoms with Crippen LogP contribution in [-0.2, 0) is 21.6 Å². The molecule has 2 amide bonds. The summed E-state index contributed by atoms with van der Waals surface area (Å²) in [5.41, 5.74) is 2.17. The first-order chi connectivity index (χ1) is 13.5. The third kappa shape index (κ3) is 3.03. The Bertz CT molecular complexity index is 877. The summed E-state index contributed by atoms with van der Waals surface area (Å²) >= 11 is 0. The highest BCUT2D eigenvalue weighted by molar-refractivity contribution is 5.98. The molecule has 0 radical (unpaired) electrons. The van der Waals surface area contributed by atoms with E-state index in [4.69, 9.17) is 9.94 Å². The van der Waals surface area contributed by atoms with Crippen LogP contribution < -0.4 is 10.2 Å². The van der Waals surface area contributed by atoms with Gasteiger partial charge < -0.3 is 9.64 Å². The highest BCUT2D eigenvalue weighted by Gasteiger charge is 2.61. The van der Waals surface area contributed by atoms with E-state index in [0.29, 0.717) is 32.4 Å². The molecule has 1 unspecified atom stereocenters. The minimum atomic E-state index is -0.873. The van der Waals surface area contributed by atoms with Crippen molar-refractivity contribution < 1.29 is 19.5 Å². The van der Waals surface area contributed by atoms with E-state index >= 15 is 0 Å². The molecule has 2 aromatic carbocycles. The van der Waals surface area contributed by atoms with Gasteiger partial charge in [0.25, 0.3) is 5.91 Å². The molecule has 1 saturated heterocycles. The van der Waals surface area contributed by atoms with Crippen molar-refractivity contribution in [3.63, 3.8) is 0 Å². The van der Waals surface area contributed by atoms with Crippen molar-refractivity contribution in [2.24, 2.45) is 0 Å². The molecule has 2 fully saturated rings. The number of nitrogens with one attached hydrogen (secondary N) is 1. The molecule has 0 spiro atoms. The number of likely N-dealkylation sites (tertiary alicyclic amines) is 1. The number of carbonyl (C=O) groups excluding carboxylic acids is 2. The van der Waals surface area contributed by atoms with E-state index in [-0.39, 0.29) is 5.91 Å². The second kappa shape index (κ2) is 6.95. The molecule has 0 aromatic heterocycles. The van der Waals surface area contributed by atoms with E-state index < -0.39 is 16.9 Å². The molecule has 1 aliphatic heterocycles. The van der Waals surface area contributed by atoms with Gasteiger partial charge in [-0.25, -0.2) is 5.48 Å². The molecule has 2 aliphatic rings. The number of ether oxygens (including phenoxy) is 1. The van der Waals surface area contributed by atoms with Crippen molar-refractivity contribution >= 4 is 11.8 Å². The zero-order valence-electron chi connectivity index (χ0n) is 15.9. The lowest BCUT2D eigenvalue weighted by Gasteiger charge is -2.29. The van der Waals surface area contributed by atoms with E-state index in [1.807, 2.05) is 61.5 Å². The predicted molar refractivity (Wildman–Crippen MR) is 103 cm³/mol. The van der Waals surface area contributed by atoms with Crippen molar-refractivity contribution in [2.45, 2.75) is 43.7 Å². The van der Waals surface area contributed by atoms with Gasteiger partial charge in [0.15, 0.2) is 0 Å². The quantitative estimate of drug-likeness (QED) is 0.597. The lowest BCUT2D eigenvalue weighted by molar-refractivity contribution is -0.145. The van der Waals surface area contributed by atoms with Gasteiger partial charge in [-0.2, -0.15) is 0 Å². The number of carbonyl (C=O) groups is 2. The molecular weight excluding hydrogens is 356 g/mol. The standard InChI is InChI=1S/C22H24N2O4/c1-21(13-14-24(20(21)26)22(11-12-22)19(25)23-27)17-7-9-18(10-8-17)28-15-16-5-3-2-4-6-16/h2-10,27H,11-15H2,1H3,(H,23,25). The Morgan fingerprint density at radius 2 is 1.79 bits per heavy atom. The second-order valence-corrected chi connectivity index (χ2v) is 7.81. The van der Waals surface area contributed by atoms with Gasteiger partial charge in [-0.15, -0.1) is 0 Å². The maximum Gasteiger partial charge on any atom is 0.269 e. The van der Waals surface area contributed by atoms with Gasteiger partial charge in [-0.3, -0.25) is 14.8 Å². The van der Waals surface area contributed by atoms with Gasteiger partial charge in [0, 0.05) is 6.54 Å². The highest BCUT2D eigenvalue weighted by atomic mass is 16.5. The Hall–Kier alpha value is -2.86. The molecule has 0 bridgehead atoms. The number of nitrogens with zero attached hydrogens (tertiary/aromatic N) is 1. The maximum absolute atomic E-state index is 13.2. The second-order valence-electron chi connectivity index (χ2n) is 7.81. The summed E-state index contributed by atoms with van der Waals surface area (Å²) in [7, 11) is 0. The van der Waals surface area contributed by atoms with Crippen molar-refractivity contribution in [3.05, 3.63) is 65.7 Å². The van der Waals surface area contributed by atoms with Crippen LogP contribution in [0.15, 0.2) is 54.6 Å². The molecule has 6 nitrogen and oxygen atoms in total. The van der Waals surface area contributed by atoms with Crippen LogP contribution in [0.2, 0.25) is 0 Å². The molecule has 2 N–H and O–H groups in total. The number of benzene rings is 2. The Balaban J connectivity index is 1.46. The molecule has 6 heteroatoms. The zero-order chi connectivity index (χ0) is 19.8. The van der Waals surface area contributed by atoms with Gasteiger partial charge in [-0.05, 0) is 49.4 Å². The van der Waals surface area contributed by atoms with Crippen molar-refractivity contribution in [1.82, 2.24) is 10.4 Å². The number of amides is 2. The average molecular weight is 380 g/mol. The molecular formula is C22H24N2O4. The number of hydrogen-bond acceptors (Lipinski definition) is 4. The van der Waals surface area contributed by atoms with Crippen molar-refractivity contribution in [3.8, 4) is 5.75 Å². The van der Waals surface area contributed by atoms with E-state index in [1.165, 1.54) is 0 Å². The topological polar surface area (TPSA) is 78.9 Å². The van der Waals surface area contributed by atoms with E-state index in [2.05, 4.69) is 0 Å². The molecule has 2 aromatic rings. The first-order valence-corrected chi connectivity index (χ1v) is 9.53. The Kier molecular flexibility index (Phi) is 4.59. The first kappa shape index (κ1) is 18.5. The minimum absolute atomic E-state index is 0.0634. The van der Waals surface area contributed by atoms with Gasteiger partial charge in [0.1, 0.15) is 17.9 Å². The predicted octanol–water partition coefficient (Wildman–Crippen LogP) is 2.79. The number of hydroxylamine groups is 1. The van der Waals surface area contributed by atoms with Crippen LogP contribution in [-0.4, -0.2) is 34.0 Å². The summed E-state index contributed by atoms with van der Waals surface area (Å²) in [5, 5.41) is 9.02. The van der Waals surface area contributed by atoms with Crippen LogP contribution >= 0.6 is 0 Å². The summed E-state index contributed by atoms with van der Waals surface area (Å²) in [6.07, 6.45) is 1.82. The third-order valence-corrected chi connectivity index (χ3v) is 6.06. The molecule has 146 valence electrons. The smallest absolute Gasteiger partial charge is 0.269 e. The molecule has 1 aliphatic carbocycles. The average Bonchev–Trinajstić information content (AvgIpc) is 3.48. The fourth-order valence-electron chi connectivity index (χ4n) is 4.02. The van der Waals surface area contributed by atoms with E-state index in [9.17, 15) is 9.59 Å². The molecule has 1 heterocycles. The van der Waals surface area contributed by atoms with Crippen molar-refractivity contribution in [1.29, 1.82) is 0 Å². The summed E-state index contributed by atoms with van der Waals surface area (Å²) < 4.78 is 5.82. The third-order valence-electron chi connectivity index (χ3n) is 6.06. The monoisotopic (exact) mass is 380 g/mol. The normalized spacial score (nSPS) is 22.8. The fraction of sp³-hybridized carbons (Fsp3) is 0.364. The largest absolute Gasteiger partial charge is 0.489 e. The molecule has 28 heavy (non-hydrogen) atoms. The van der Waals surface area contributed by atoms with Crippen LogP contribution in [0.3, 0.4) is 0 Å². The highest BCUT2D eigenvalue weighted by Crippen LogP contribution is 2.48. The Morgan fingerprint density at radius 1 is 1.11 bits per heavy atom. The maximum atomic E-state index is 13.2. The molecule has 1 saturated carbocycles. The Labute approximate surface area is 164 Å². The van der Waals surface area contributed by atoms with Gasteiger partial charge in [0.2, 0.25) is 5.91 Å². The first-order valence-electron chi connectivity index (χ1n) is 9.53. The summed E-state index contributed by atoms with van der Waals surface area (Å²) in [5.74, 6) is 0.193. The fourth-order valence-corrected chi connectivity index (χ4v) is 4.02. The Morgan fingerprint density at radius 3 is 2.39 bits per heavy atom. The lowest BCUT2D eigenvalue weighted by atomic mass is 9.81. The van der Waals surface area contributed by atoms with E-state index in [0.717, 1.165) is 16.9 Å². The summed E-state index contributed by atoms with van der Waals surface area (Å²) in [4.78, 5) is 26.8. The number of hydrogen-bond donors (Lipinski definition) is 2. The molecule has 1 atom stereocenters. The van der Waals surface area contributed by atoms with E-state index in [1.54, 1.807) is 10.4 Å².